The zero-order chi connectivity index (χ0) is 13.1. The van der Waals surface area contributed by atoms with Crippen LogP contribution in [-0.4, -0.2) is 43.5 Å². The Morgan fingerprint density at radius 1 is 1.50 bits per heavy atom. The fourth-order valence-corrected chi connectivity index (χ4v) is 1.91. The topological polar surface area (TPSA) is 44.4 Å². The summed E-state index contributed by atoms with van der Waals surface area (Å²) in [6.07, 6.45) is 0. The number of amides is 1. The Hall–Kier alpha value is -1.53. The molecule has 2 rings (SSSR count). The molecular weight excluding hydrogens is 240 g/mol. The lowest BCUT2D eigenvalue weighted by Gasteiger charge is -2.31. The summed E-state index contributed by atoms with van der Waals surface area (Å²) < 4.78 is 26.1. The number of rotatable bonds is 2. The van der Waals surface area contributed by atoms with E-state index in [1.165, 1.54) is 6.07 Å². The average molecular weight is 255 g/mol. The highest BCUT2D eigenvalue weighted by Gasteiger charge is 2.26. The number of hydrogen-bond donors (Lipinski definition) is 2. The standard InChI is InChI=1S/C12H15F2N3O/c1-17-5-4-15-7-11(17)12(18)16-10-3-2-8(13)6-9(10)14/h2-3,6,11,15H,4-5,7H2,1H3,(H,16,18). The predicted molar refractivity (Wildman–Crippen MR) is 64.3 cm³/mol. The summed E-state index contributed by atoms with van der Waals surface area (Å²) in [4.78, 5) is 13.9. The predicted octanol–water partition coefficient (Wildman–Crippen LogP) is 0.807. The largest absolute Gasteiger partial charge is 0.322 e. The van der Waals surface area contributed by atoms with Gasteiger partial charge in [-0.2, -0.15) is 0 Å². The molecular formula is C12H15F2N3O. The minimum absolute atomic E-state index is 0.000346. The van der Waals surface area contributed by atoms with Crippen molar-refractivity contribution in [1.82, 2.24) is 10.2 Å². The molecule has 98 valence electrons. The van der Waals surface area contributed by atoms with Gasteiger partial charge in [-0.05, 0) is 19.2 Å². The molecule has 0 aromatic heterocycles. The molecule has 1 saturated heterocycles. The highest BCUT2D eigenvalue weighted by Crippen LogP contribution is 2.15. The smallest absolute Gasteiger partial charge is 0.243 e. The van der Waals surface area contributed by atoms with Gasteiger partial charge in [0, 0.05) is 25.7 Å². The van der Waals surface area contributed by atoms with Gasteiger partial charge >= 0.3 is 0 Å². The van der Waals surface area contributed by atoms with E-state index in [4.69, 9.17) is 0 Å². The first kappa shape index (κ1) is 12.9. The monoisotopic (exact) mass is 255 g/mol. The molecule has 1 aliphatic heterocycles. The summed E-state index contributed by atoms with van der Waals surface area (Å²) in [5, 5.41) is 5.57. The van der Waals surface area contributed by atoms with Crippen LogP contribution in [0.1, 0.15) is 0 Å². The Morgan fingerprint density at radius 2 is 2.28 bits per heavy atom. The quantitative estimate of drug-likeness (QED) is 0.822. The van der Waals surface area contributed by atoms with Crippen LogP contribution in [0, 0.1) is 11.6 Å². The van der Waals surface area contributed by atoms with Crippen molar-refractivity contribution >= 4 is 11.6 Å². The maximum absolute atomic E-state index is 13.4. The molecule has 1 unspecified atom stereocenters. The van der Waals surface area contributed by atoms with Crippen LogP contribution in [0.4, 0.5) is 14.5 Å². The molecule has 1 aromatic carbocycles. The van der Waals surface area contributed by atoms with Crippen molar-refractivity contribution < 1.29 is 13.6 Å². The molecule has 0 saturated carbocycles. The molecule has 1 fully saturated rings. The molecule has 1 aliphatic rings. The Labute approximate surface area is 104 Å². The van der Waals surface area contributed by atoms with Crippen molar-refractivity contribution in [1.29, 1.82) is 0 Å². The van der Waals surface area contributed by atoms with Gasteiger partial charge in [-0.1, -0.05) is 0 Å². The van der Waals surface area contributed by atoms with E-state index in [1.54, 1.807) is 0 Å². The van der Waals surface area contributed by atoms with Crippen molar-refractivity contribution in [2.75, 3.05) is 32.0 Å². The van der Waals surface area contributed by atoms with E-state index in [0.29, 0.717) is 6.54 Å². The molecule has 4 nitrogen and oxygen atoms in total. The van der Waals surface area contributed by atoms with E-state index in [-0.39, 0.29) is 17.6 Å². The van der Waals surface area contributed by atoms with E-state index in [2.05, 4.69) is 10.6 Å². The van der Waals surface area contributed by atoms with Crippen molar-refractivity contribution in [2.45, 2.75) is 6.04 Å². The number of carbonyl (C=O) groups is 1. The number of hydrogen-bond acceptors (Lipinski definition) is 3. The number of nitrogens with zero attached hydrogens (tertiary/aromatic N) is 1. The van der Waals surface area contributed by atoms with Gasteiger partial charge in [-0.3, -0.25) is 9.69 Å². The Kier molecular flexibility index (Phi) is 3.88. The summed E-state index contributed by atoms with van der Waals surface area (Å²) in [6, 6.07) is 2.74. The van der Waals surface area contributed by atoms with Gasteiger partial charge < -0.3 is 10.6 Å². The van der Waals surface area contributed by atoms with Crippen LogP contribution in [0.25, 0.3) is 0 Å². The van der Waals surface area contributed by atoms with Crippen LogP contribution in [0.2, 0.25) is 0 Å². The summed E-state index contributed by atoms with van der Waals surface area (Å²) in [5.41, 5.74) is 0.000346. The van der Waals surface area contributed by atoms with Crippen LogP contribution < -0.4 is 10.6 Å². The van der Waals surface area contributed by atoms with Gasteiger partial charge in [-0.25, -0.2) is 8.78 Å². The first-order chi connectivity index (χ1) is 8.58. The maximum atomic E-state index is 13.4. The molecule has 1 aromatic rings. The van der Waals surface area contributed by atoms with Crippen molar-refractivity contribution in [3.8, 4) is 0 Å². The minimum atomic E-state index is -0.769. The van der Waals surface area contributed by atoms with E-state index in [0.717, 1.165) is 25.2 Å². The molecule has 0 bridgehead atoms. The van der Waals surface area contributed by atoms with Crippen LogP contribution in [-0.2, 0) is 4.79 Å². The molecule has 1 atom stereocenters. The highest BCUT2D eigenvalue weighted by molar-refractivity contribution is 5.95. The molecule has 2 N–H and O–H groups in total. The molecule has 1 amide bonds. The molecule has 0 spiro atoms. The van der Waals surface area contributed by atoms with Crippen LogP contribution in [0.15, 0.2) is 18.2 Å². The minimum Gasteiger partial charge on any atom is -0.322 e. The van der Waals surface area contributed by atoms with Gasteiger partial charge in [0.2, 0.25) is 5.91 Å². The van der Waals surface area contributed by atoms with Gasteiger partial charge in [0.15, 0.2) is 0 Å². The molecule has 18 heavy (non-hydrogen) atoms. The van der Waals surface area contributed by atoms with E-state index in [1.807, 2.05) is 11.9 Å². The average Bonchev–Trinajstić information content (AvgIpc) is 2.33. The Morgan fingerprint density at radius 3 is 2.94 bits per heavy atom. The number of benzene rings is 1. The van der Waals surface area contributed by atoms with E-state index < -0.39 is 11.6 Å². The van der Waals surface area contributed by atoms with Crippen LogP contribution >= 0.6 is 0 Å². The number of piperazine rings is 1. The maximum Gasteiger partial charge on any atom is 0.243 e. The number of nitrogens with one attached hydrogen (secondary N) is 2. The number of likely N-dealkylation sites (N-methyl/N-ethyl adjacent to an activating group) is 1. The molecule has 6 heteroatoms. The number of anilines is 1. The van der Waals surface area contributed by atoms with Crippen molar-refractivity contribution in [2.24, 2.45) is 0 Å². The lowest BCUT2D eigenvalue weighted by atomic mass is 10.2. The second-order valence-corrected chi connectivity index (χ2v) is 4.31. The lowest BCUT2D eigenvalue weighted by Crippen LogP contribution is -2.54. The third-order valence-corrected chi connectivity index (χ3v) is 3.00. The third kappa shape index (κ3) is 2.83. The molecule has 0 radical (unpaired) electrons. The third-order valence-electron chi connectivity index (χ3n) is 3.00. The summed E-state index contributed by atoms with van der Waals surface area (Å²) in [6.45, 7) is 2.10. The Bertz CT molecular complexity index is 453. The fraction of sp³-hybridized carbons (Fsp3) is 0.417. The van der Waals surface area contributed by atoms with E-state index >= 15 is 0 Å². The van der Waals surface area contributed by atoms with Crippen LogP contribution in [0.3, 0.4) is 0 Å². The number of carbonyl (C=O) groups excluding carboxylic acids is 1. The van der Waals surface area contributed by atoms with Crippen molar-refractivity contribution in [3.63, 3.8) is 0 Å². The SMILES string of the molecule is CN1CCNCC1C(=O)Nc1ccc(F)cc1F. The van der Waals surface area contributed by atoms with Gasteiger partial charge in [0.05, 0.1) is 5.69 Å². The first-order valence-corrected chi connectivity index (χ1v) is 5.75. The fourth-order valence-electron chi connectivity index (χ4n) is 1.91. The summed E-state index contributed by atoms with van der Waals surface area (Å²) >= 11 is 0. The van der Waals surface area contributed by atoms with Gasteiger partial charge in [0.1, 0.15) is 17.7 Å². The van der Waals surface area contributed by atoms with Gasteiger partial charge in [0.25, 0.3) is 0 Å². The number of halogens is 2. The normalized spacial score (nSPS) is 20.7. The highest BCUT2D eigenvalue weighted by atomic mass is 19.1. The molecule has 1 heterocycles. The lowest BCUT2D eigenvalue weighted by molar-refractivity contribution is -0.121. The first-order valence-electron chi connectivity index (χ1n) is 5.75. The van der Waals surface area contributed by atoms with Gasteiger partial charge in [-0.15, -0.1) is 0 Å². The zero-order valence-corrected chi connectivity index (χ0v) is 10.0. The summed E-state index contributed by atoms with van der Waals surface area (Å²) in [7, 11) is 1.84. The Balaban J connectivity index is 2.06. The summed E-state index contributed by atoms with van der Waals surface area (Å²) in [5.74, 6) is -1.73. The molecule has 0 aliphatic carbocycles. The van der Waals surface area contributed by atoms with E-state index in [9.17, 15) is 13.6 Å². The van der Waals surface area contributed by atoms with Crippen molar-refractivity contribution in [3.05, 3.63) is 29.8 Å². The second-order valence-electron chi connectivity index (χ2n) is 4.31. The zero-order valence-electron chi connectivity index (χ0n) is 10.0. The van der Waals surface area contributed by atoms with Crippen LogP contribution in [0.5, 0.6) is 0 Å². The second kappa shape index (κ2) is 5.41.